The summed E-state index contributed by atoms with van der Waals surface area (Å²) in [7, 11) is 0. The van der Waals surface area contributed by atoms with Gasteiger partial charge in [-0.25, -0.2) is 4.79 Å². The first kappa shape index (κ1) is 11.1. The van der Waals surface area contributed by atoms with Gasteiger partial charge in [-0.2, -0.15) is 0 Å². The van der Waals surface area contributed by atoms with E-state index < -0.39 is 11.4 Å². The lowest BCUT2D eigenvalue weighted by atomic mass is 10.1. The third kappa shape index (κ3) is 1.70. The molecule has 0 amide bonds. The van der Waals surface area contributed by atoms with Crippen molar-refractivity contribution in [2.24, 2.45) is 0 Å². The van der Waals surface area contributed by atoms with Crippen LogP contribution in [0.2, 0.25) is 5.02 Å². The number of carboxylic acid groups (broad SMARTS) is 1. The van der Waals surface area contributed by atoms with E-state index in [2.05, 4.69) is 0 Å². The van der Waals surface area contributed by atoms with Crippen LogP contribution >= 0.6 is 22.9 Å². The molecule has 3 nitrogen and oxygen atoms in total. The largest absolute Gasteiger partial charge is 0.478 e. The van der Waals surface area contributed by atoms with Gasteiger partial charge in [-0.1, -0.05) is 11.6 Å². The van der Waals surface area contributed by atoms with E-state index in [-0.39, 0.29) is 5.56 Å². The van der Waals surface area contributed by atoms with Gasteiger partial charge < -0.3 is 5.11 Å². The van der Waals surface area contributed by atoms with E-state index in [9.17, 15) is 9.59 Å². The lowest BCUT2D eigenvalue weighted by molar-refractivity contribution is 0.0695. The molecule has 0 saturated carbocycles. The Morgan fingerprint density at radius 2 is 2.12 bits per heavy atom. The van der Waals surface area contributed by atoms with E-state index in [1.54, 1.807) is 19.1 Å². The van der Waals surface area contributed by atoms with Crippen LogP contribution in [-0.4, -0.2) is 11.1 Å². The molecular weight excluding hydrogens is 248 g/mol. The SMILES string of the molecule is Cc1sc2ccc(Cl)cc2c(=O)c1C(=O)O. The van der Waals surface area contributed by atoms with Crippen LogP contribution in [0.1, 0.15) is 15.2 Å². The van der Waals surface area contributed by atoms with Crippen LogP contribution in [0.5, 0.6) is 0 Å². The number of carbonyl (C=O) groups is 1. The topological polar surface area (TPSA) is 54.4 Å². The molecule has 0 aliphatic rings. The molecule has 0 atom stereocenters. The standard InChI is InChI=1S/C11H7ClO3S/c1-5-9(11(14)15)10(13)7-4-6(12)2-3-8(7)16-5/h2-4H,1H3,(H,14,15). The van der Waals surface area contributed by atoms with Crippen LogP contribution < -0.4 is 5.43 Å². The fourth-order valence-electron chi connectivity index (χ4n) is 1.53. The summed E-state index contributed by atoms with van der Waals surface area (Å²) in [5.74, 6) is -1.19. The predicted octanol–water partition coefficient (Wildman–Crippen LogP) is 2.92. The molecule has 2 aromatic rings. The molecular formula is C11H7ClO3S. The molecule has 1 aromatic heterocycles. The fourth-order valence-corrected chi connectivity index (χ4v) is 2.71. The van der Waals surface area contributed by atoms with E-state index in [1.807, 2.05) is 0 Å². The van der Waals surface area contributed by atoms with Gasteiger partial charge in [0.1, 0.15) is 5.56 Å². The minimum atomic E-state index is -1.19. The van der Waals surface area contributed by atoms with Crippen molar-refractivity contribution in [3.63, 3.8) is 0 Å². The Labute approximate surface area is 99.9 Å². The molecule has 82 valence electrons. The van der Waals surface area contributed by atoms with E-state index in [1.165, 1.54) is 17.4 Å². The lowest BCUT2D eigenvalue weighted by Crippen LogP contribution is -2.15. The van der Waals surface area contributed by atoms with Crippen molar-refractivity contribution >= 4 is 39.0 Å². The quantitative estimate of drug-likeness (QED) is 0.851. The number of rotatable bonds is 1. The Morgan fingerprint density at radius 1 is 1.44 bits per heavy atom. The fraction of sp³-hybridized carbons (Fsp3) is 0.0909. The third-order valence-corrected chi connectivity index (χ3v) is 3.56. The lowest BCUT2D eigenvalue weighted by Gasteiger charge is -2.02. The van der Waals surface area contributed by atoms with E-state index in [0.29, 0.717) is 15.3 Å². The smallest absolute Gasteiger partial charge is 0.340 e. The molecule has 1 heterocycles. The normalized spacial score (nSPS) is 10.6. The van der Waals surface area contributed by atoms with Crippen molar-refractivity contribution in [2.45, 2.75) is 6.92 Å². The number of fused-ring (bicyclic) bond motifs is 1. The van der Waals surface area contributed by atoms with Gasteiger partial charge in [0.2, 0.25) is 5.43 Å². The number of hydrogen-bond acceptors (Lipinski definition) is 3. The molecule has 5 heteroatoms. The average Bonchev–Trinajstić information content (AvgIpc) is 2.19. The first-order chi connectivity index (χ1) is 7.50. The highest BCUT2D eigenvalue weighted by molar-refractivity contribution is 7.18. The first-order valence-electron chi connectivity index (χ1n) is 4.47. The number of halogens is 1. The van der Waals surface area contributed by atoms with Gasteiger partial charge >= 0.3 is 5.97 Å². The van der Waals surface area contributed by atoms with E-state index >= 15 is 0 Å². The van der Waals surface area contributed by atoms with Gasteiger partial charge in [0, 0.05) is 20.0 Å². The Kier molecular flexibility index (Phi) is 2.69. The summed E-state index contributed by atoms with van der Waals surface area (Å²) in [5.41, 5.74) is -0.638. The summed E-state index contributed by atoms with van der Waals surface area (Å²) in [6, 6.07) is 4.91. The molecule has 0 fully saturated rings. The third-order valence-electron chi connectivity index (χ3n) is 2.24. The van der Waals surface area contributed by atoms with Gasteiger partial charge in [0.05, 0.1) is 0 Å². The van der Waals surface area contributed by atoms with Crippen molar-refractivity contribution in [1.29, 1.82) is 0 Å². The van der Waals surface area contributed by atoms with E-state index in [4.69, 9.17) is 16.7 Å². The Morgan fingerprint density at radius 3 is 2.75 bits per heavy atom. The van der Waals surface area contributed by atoms with Gasteiger partial charge in [0.25, 0.3) is 0 Å². The van der Waals surface area contributed by atoms with Crippen molar-refractivity contribution in [3.05, 3.63) is 43.9 Å². The molecule has 0 saturated heterocycles. The minimum absolute atomic E-state index is 0.167. The summed E-state index contributed by atoms with van der Waals surface area (Å²) >= 11 is 7.06. The van der Waals surface area contributed by atoms with Crippen molar-refractivity contribution < 1.29 is 9.90 Å². The highest BCUT2D eigenvalue weighted by Gasteiger charge is 2.15. The minimum Gasteiger partial charge on any atom is -0.478 e. The average molecular weight is 255 g/mol. The Bertz CT molecular complexity index is 645. The van der Waals surface area contributed by atoms with Crippen molar-refractivity contribution in [2.75, 3.05) is 0 Å². The van der Waals surface area contributed by atoms with Crippen LogP contribution in [-0.2, 0) is 0 Å². The van der Waals surface area contributed by atoms with Crippen LogP contribution in [0, 0.1) is 6.92 Å². The van der Waals surface area contributed by atoms with Gasteiger partial charge in [-0.15, -0.1) is 11.3 Å². The summed E-state index contributed by atoms with van der Waals surface area (Å²) in [6.07, 6.45) is 0. The number of aromatic carboxylic acids is 1. The van der Waals surface area contributed by atoms with E-state index in [0.717, 1.165) is 4.70 Å². The second-order valence-electron chi connectivity index (χ2n) is 3.31. The van der Waals surface area contributed by atoms with Crippen molar-refractivity contribution in [3.8, 4) is 0 Å². The van der Waals surface area contributed by atoms with Crippen LogP contribution in [0.3, 0.4) is 0 Å². The van der Waals surface area contributed by atoms with Gasteiger partial charge in [-0.05, 0) is 25.1 Å². The molecule has 0 radical (unpaired) electrons. The van der Waals surface area contributed by atoms with Crippen molar-refractivity contribution in [1.82, 2.24) is 0 Å². The van der Waals surface area contributed by atoms with Crippen LogP contribution in [0.15, 0.2) is 23.0 Å². The summed E-state index contributed by atoms with van der Waals surface area (Å²) in [5, 5.41) is 9.74. The maximum atomic E-state index is 11.9. The van der Waals surface area contributed by atoms with Crippen LogP contribution in [0.25, 0.3) is 10.1 Å². The number of hydrogen-bond donors (Lipinski definition) is 1. The molecule has 0 aliphatic heterocycles. The maximum absolute atomic E-state index is 11.9. The molecule has 16 heavy (non-hydrogen) atoms. The number of carboxylic acids is 1. The summed E-state index contributed by atoms with van der Waals surface area (Å²) in [6.45, 7) is 1.63. The monoisotopic (exact) mass is 254 g/mol. The molecule has 0 unspecified atom stereocenters. The number of benzene rings is 1. The Balaban J connectivity index is 2.96. The van der Waals surface area contributed by atoms with Gasteiger partial charge in [-0.3, -0.25) is 4.79 Å². The summed E-state index contributed by atoms with van der Waals surface area (Å²) < 4.78 is 0.747. The Hall–Kier alpha value is -1.39. The molecule has 0 spiro atoms. The molecule has 1 aromatic carbocycles. The number of aryl methyl sites for hydroxylation is 1. The highest BCUT2D eigenvalue weighted by atomic mass is 35.5. The molecule has 1 N–H and O–H groups in total. The van der Waals surface area contributed by atoms with Crippen LogP contribution in [0.4, 0.5) is 0 Å². The second-order valence-corrected chi connectivity index (χ2v) is 5.00. The molecule has 0 aliphatic carbocycles. The molecule has 0 bridgehead atoms. The maximum Gasteiger partial charge on any atom is 0.340 e. The zero-order chi connectivity index (χ0) is 11.9. The first-order valence-corrected chi connectivity index (χ1v) is 5.66. The van der Waals surface area contributed by atoms with Gasteiger partial charge in [0.15, 0.2) is 0 Å². The highest BCUT2D eigenvalue weighted by Crippen LogP contribution is 2.24. The summed E-state index contributed by atoms with van der Waals surface area (Å²) in [4.78, 5) is 23.4. The zero-order valence-corrected chi connectivity index (χ0v) is 9.85. The second kappa shape index (κ2) is 3.88. The predicted molar refractivity (Wildman–Crippen MR) is 64.8 cm³/mol. The molecule has 2 rings (SSSR count). The zero-order valence-electron chi connectivity index (χ0n) is 8.28.